The molecule has 1 unspecified atom stereocenters. The molecule has 0 saturated heterocycles. The van der Waals surface area contributed by atoms with Gasteiger partial charge in [0.2, 0.25) is 5.89 Å². The van der Waals surface area contributed by atoms with E-state index >= 15 is 4.39 Å². The quantitative estimate of drug-likeness (QED) is 0.227. The summed E-state index contributed by atoms with van der Waals surface area (Å²) in [5, 5.41) is 17.5. The minimum absolute atomic E-state index is 0.0307. The summed E-state index contributed by atoms with van der Waals surface area (Å²) in [6.45, 7) is 9.54. The Labute approximate surface area is 234 Å². The number of H-pyrrole nitrogens is 1. The number of aromatic nitrogens is 3. The van der Waals surface area contributed by atoms with E-state index < -0.39 is 11.8 Å². The molecular formula is C28H25Cl2FN4O4. The van der Waals surface area contributed by atoms with Crippen LogP contribution in [0, 0.1) is 29.5 Å². The maximum absolute atomic E-state index is 15.4. The summed E-state index contributed by atoms with van der Waals surface area (Å²) in [7, 11) is 0. The average Bonchev–Trinajstić information content (AvgIpc) is 3.48. The van der Waals surface area contributed by atoms with Gasteiger partial charge in [-0.2, -0.15) is 5.26 Å². The molecule has 0 radical (unpaired) electrons. The van der Waals surface area contributed by atoms with Gasteiger partial charge in [0.25, 0.3) is 5.89 Å². The molecule has 0 spiro atoms. The van der Waals surface area contributed by atoms with Crippen molar-refractivity contribution in [2.75, 3.05) is 0 Å². The molecule has 0 fully saturated rings. The number of aromatic amines is 1. The molecular weight excluding hydrogens is 546 g/mol. The van der Waals surface area contributed by atoms with Crippen molar-refractivity contribution in [3.8, 4) is 29.2 Å². The second-order valence-electron chi connectivity index (χ2n) is 10.0. The van der Waals surface area contributed by atoms with Crippen LogP contribution >= 0.6 is 23.2 Å². The summed E-state index contributed by atoms with van der Waals surface area (Å²) >= 11 is 12.2. The number of hydrogen-bond acceptors (Lipinski definition) is 7. The molecule has 0 bridgehead atoms. The minimum Gasteiger partial charge on any atom is -0.458 e. The molecule has 2 heterocycles. The molecule has 0 saturated carbocycles. The molecule has 1 N–H and O–H groups in total. The van der Waals surface area contributed by atoms with E-state index in [1.54, 1.807) is 6.92 Å². The lowest BCUT2D eigenvalue weighted by molar-refractivity contribution is 0.00475. The Balaban J connectivity index is 1.54. The zero-order chi connectivity index (χ0) is 28.5. The van der Waals surface area contributed by atoms with Crippen LogP contribution in [0.4, 0.5) is 4.39 Å². The van der Waals surface area contributed by atoms with E-state index in [2.05, 4.69) is 15.2 Å². The molecule has 2 aromatic heterocycles. The number of rotatable bonds is 7. The Morgan fingerprint density at radius 1 is 1.23 bits per heavy atom. The second-order valence-corrected chi connectivity index (χ2v) is 10.9. The predicted molar refractivity (Wildman–Crippen MR) is 144 cm³/mol. The largest absolute Gasteiger partial charge is 0.458 e. The van der Waals surface area contributed by atoms with Gasteiger partial charge in [-0.15, -0.1) is 10.2 Å². The molecule has 11 heteroatoms. The molecule has 4 aromatic rings. The highest BCUT2D eigenvalue weighted by atomic mass is 35.5. The van der Waals surface area contributed by atoms with Crippen LogP contribution in [-0.2, 0) is 11.2 Å². The molecule has 0 aliphatic rings. The lowest BCUT2D eigenvalue weighted by Gasteiger charge is -2.26. The van der Waals surface area contributed by atoms with Crippen molar-refractivity contribution in [2.45, 2.75) is 47.1 Å². The van der Waals surface area contributed by atoms with Crippen LogP contribution in [0.2, 0.25) is 10.0 Å². The van der Waals surface area contributed by atoms with Crippen molar-refractivity contribution in [3.05, 3.63) is 80.5 Å². The number of benzene rings is 2. The van der Waals surface area contributed by atoms with Crippen molar-refractivity contribution in [3.63, 3.8) is 0 Å². The summed E-state index contributed by atoms with van der Waals surface area (Å²) in [4.78, 5) is 15.7. The highest BCUT2D eigenvalue weighted by Crippen LogP contribution is 2.36. The number of nitrogens with one attached hydrogen (secondary N) is 1. The van der Waals surface area contributed by atoms with Crippen LogP contribution in [0.5, 0.6) is 11.5 Å². The third kappa shape index (κ3) is 6.24. The predicted octanol–water partition coefficient (Wildman–Crippen LogP) is 7.67. The van der Waals surface area contributed by atoms with Gasteiger partial charge in [0.05, 0.1) is 28.6 Å². The van der Waals surface area contributed by atoms with E-state index in [1.807, 2.05) is 33.8 Å². The molecule has 1 atom stereocenters. The van der Waals surface area contributed by atoms with Gasteiger partial charge in [0, 0.05) is 16.8 Å². The first-order valence-electron chi connectivity index (χ1n) is 11.9. The van der Waals surface area contributed by atoms with Gasteiger partial charge >= 0.3 is 5.97 Å². The molecule has 0 aliphatic heterocycles. The van der Waals surface area contributed by atoms with E-state index in [1.165, 1.54) is 36.5 Å². The summed E-state index contributed by atoms with van der Waals surface area (Å²) in [5.74, 6) is -0.992. The standard InChI is InChI=1S/C28H25Cl2FN4O4/c1-14-20(27(36)37-15(2)28(3,4)5)13-33-24(14)26-35-34-22(39-26)10-17-6-7-21(30)25(23(17)31)38-19-9-16(12-32)8-18(29)11-19/h6-9,11,13,15,33H,10H2,1-5H3. The maximum Gasteiger partial charge on any atom is 0.340 e. The summed E-state index contributed by atoms with van der Waals surface area (Å²) in [6, 6.07) is 9.25. The fourth-order valence-electron chi connectivity index (χ4n) is 3.53. The van der Waals surface area contributed by atoms with Crippen LogP contribution in [0.25, 0.3) is 11.6 Å². The number of ether oxygens (including phenoxy) is 2. The number of nitrogens with zero attached hydrogens (tertiary/aromatic N) is 3. The summed E-state index contributed by atoms with van der Waals surface area (Å²) in [5.41, 5.74) is 1.63. The highest BCUT2D eigenvalue weighted by molar-refractivity contribution is 6.32. The van der Waals surface area contributed by atoms with Crippen LogP contribution in [0.1, 0.15) is 60.6 Å². The first-order valence-corrected chi connectivity index (χ1v) is 12.7. The van der Waals surface area contributed by atoms with E-state index in [-0.39, 0.29) is 62.4 Å². The van der Waals surface area contributed by atoms with Crippen LogP contribution < -0.4 is 4.74 Å². The smallest absolute Gasteiger partial charge is 0.340 e. The zero-order valence-electron chi connectivity index (χ0n) is 21.9. The van der Waals surface area contributed by atoms with Gasteiger partial charge in [-0.3, -0.25) is 0 Å². The molecule has 8 nitrogen and oxygen atoms in total. The van der Waals surface area contributed by atoms with Crippen molar-refractivity contribution in [1.82, 2.24) is 15.2 Å². The van der Waals surface area contributed by atoms with Gasteiger partial charge in [0.1, 0.15) is 17.5 Å². The monoisotopic (exact) mass is 570 g/mol. The van der Waals surface area contributed by atoms with Crippen molar-refractivity contribution < 1.29 is 23.1 Å². The summed E-state index contributed by atoms with van der Waals surface area (Å²) in [6.07, 6.45) is 1.18. The molecule has 202 valence electrons. The molecule has 39 heavy (non-hydrogen) atoms. The third-order valence-electron chi connectivity index (χ3n) is 6.23. The minimum atomic E-state index is -0.727. The number of nitriles is 1. The second kappa shape index (κ2) is 11.1. The number of halogens is 3. The van der Waals surface area contributed by atoms with Crippen LogP contribution in [0.15, 0.2) is 40.9 Å². The molecule has 0 aliphatic carbocycles. The van der Waals surface area contributed by atoms with Crippen LogP contribution in [0.3, 0.4) is 0 Å². The average molecular weight is 571 g/mol. The fraction of sp³-hybridized carbons (Fsp3) is 0.286. The van der Waals surface area contributed by atoms with Gasteiger partial charge < -0.3 is 18.9 Å². The zero-order valence-corrected chi connectivity index (χ0v) is 23.4. The molecule has 0 amide bonds. The van der Waals surface area contributed by atoms with E-state index in [9.17, 15) is 4.79 Å². The van der Waals surface area contributed by atoms with E-state index in [4.69, 9.17) is 42.4 Å². The van der Waals surface area contributed by atoms with Gasteiger partial charge in [0.15, 0.2) is 11.6 Å². The summed E-state index contributed by atoms with van der Waals surface area (Å²) < 4.78 is 32.4. The number of carbonyl (C=O) groups excluding carboxylic acids is 1. The number of carbonyl (C=O) groups is 1. The first-order chi connectivity index (χ1) is 18.4. The molecule has 2 aromatic carbocycles. The fourth-order valence-corrected chi connectivity index (χ4v) is 3.94. The Hall–Kier alpha value is -3.87. The van der Waals surface area contributed by atoms with Crippen molar-refractivity contribution in [1.29, 1.82) is 5.26 Å². The van der Waals surface area contributed by atoms with E-state index in [0.717, 1.165) is 0 Å². The van der Waals surface area contributed by atoms with Gasteiger partial charge in [-0.25, -0.2) is 9.18 Å². The Kier molecular flexibility index (Phi) is 8.00. The van der Waals surface area contributed by atoms with Crippen molar-refractivity contribution in [2.24, 2.45) is 5.41 Å². The van der Waals surface area contributed by atoms with E-state index in [0.29, 0.717) is 16.8 Å². The van der Waals surface area contributed by atoms with Crippen molar-refractivity contribution >= 4 is 29.2 Å². The lowest BCUT2D eigenvalue weighted by atomic mass is 9.90. The Morgan fingerprint density at radius 2 is 1.97 bits per heavy atom. The first kappa shape index (κ1) is 28.1. The van der Waals surface area contributed by atoms with Crippen LogP contribution in [-0.4, -0.2) is 27.3 Å². The normalized spacial score (nSPS) is 12.2. The van der Waals surface area contributed by atoms with Gasteiger partial charge in [-0.05, 0) is 49.1 Å². The number of esters is 1. The third-order valence-corrected chi connectivity index (χ3v) is 6.75. The topological polar surface area (TPSA) is 114 Å². The number of hydrogen-bond donors (Lipinski definition) is 1. The molecule has 4 rings (SSSR count). The SMILES string of the molecule is Cc1c(C(=O)OC(C)C(C)(C)C)c[nH]c1-c1nnc(Cc2ccc(Cl)c(Oc3cc(Cl)cc(C#N)c3)c2F)o1. The Morgan fingerprint density at radius 3 is 2.67 bits per heavy atom. The Bertz CT molecular complexity index is 1580. The lowest BCUT2D eigenvalue weighted by Crippen LogP contribution is -2.28. The maximum atomic E-state index is 15.4. The highest BCUT2D eigenvalue weighted by Gasteiger charge is 2.27. The van der Waals surface area contributed by atoms with Gasteiger partial charge in [-0.1, -0.05) is 50.0 Å².